The second-order valence-electron chi connectivity index (χ2n) is 8.31. The lowest BCUT2D eigenvalue weighted by Crippen LogP contribution is -2.32. The SMILES string of the molecule is COc1ccc(CNC(=O)[C@H]2CC(=O)N(c3ccc(OCC(=O)Nc4ccc(Cl)cc4)cc3)C2)cc1. The first-order valence-electron chi connectivity index (χ1n) is 11.4. The summed E-state index contributed by atoms with van der Waals surface area (Å²) in [7, 11) is 1.60. The number of nitrogens with zero attached hydrogens (tertiary/aromatic N) is 1. The number of ether oxygens (including phenoxy) is 2. The third kappa shape index (κ3) is 6.55. The lowest BCUT2D eigenvalue weighted by atomic mass is 10.1. The number of nitrogens with one attached hydrogen (secondary N) is 2. The van der Waals surface area contributed by atoms with Crippen molar-refractivity contribution in [2.75, 3.05) is 30.5 Å². The van der Waals surface area contributed by atoms with Crippen LogP contribution in [0.4, 0.5) is 11.4 Å². The smallest absolute Gasteiger partial charge is 0.262 e. The van der Waals surface area contributed by atoms with E-state index in [4.69, 9.17) is 21.1 Å². The summed E-state index contributed by atoms with van der Waals surface area (Å²) in [6.45, 7) is 0.517. The van der Waals surface area contributed by atoms with E-state index >= 15 is 0 Å². The molecule has 3 aromatic rings. The van der Waals surface area contributed by atoms with Gasteiger partial charge < -0.3 is 25.0 Å². The van der Waals surface area contributed by atoms with Crippen LogP contribution in [0.5, 0.6) is 11.5 Å². The molecule has 0 aliphatic carbocycles. The van der Waals surface area contributed by atoms with Crippen molar-refractivity contribution in [3.63, 3.8) is 0 Å². The summed E-state index contributed by atoms with van der Waals surface area (Å²) >= 11 is 5.84. The highest BCUT2D eigenvalue weighted by molar-refractivity contribution is 6.30. The Morgan fingerprint density at radius 2 is 1.64 bits per heavy atom. The molecule has 0 unspecified atom stereocenters. The predicted molar refractivity (Wildman–Crippen MR) is 137 cm³/mol. The monoisotopic (exact) mass is 507 g/mol. The van der Waals surface area contributed by atoms with Crippen LogP contribution in [0, 0.1) is 5.92 Å². The van der Waals surface area contributed by atoms with Gasteiger partial charge >= 0.3 is 0 Å². The molecule has 1 aliphatic heterocycles. The van der Waals surface area contributed by atoms with Gasteiger partial charge in [-0.1, -0.05) is 23.7 Å². The third-order valence-corrected chi connectivity index (χ3v) is 6.02. The normalized spacial score (nSPS) is 14.9. The average Bonchev–Trinajstić information content (AvgIpc) is 3.29. The van der Waals surface area contributed by atoms with Gasteiger partial charge in [-0.2, -0.15) is 0 Å². The van der Waals surface area contributed by atoms with E-state index in [0.29, 0.717) is 35.2 Å². The van der Waals surface area contributed by atoms with E-state index in [1.807, 2.05) is 24.3 Å². The lowest BCUT2D eigenvalue weighted by molar-refractivity contribution is -0.126. The van der Waals surface area contributed by atoms with E-state index in [2.05, 4.69) is 10.6 Å². The molecule has 1 aliphatic rings. The molecule has 1 heterocycles. The van der Waals surface area contributed by atoms with Crippen LogP contribution < -0.4 is 25.0 Å². The third-order valence-electron chi connectivity index (χ3n) is 5.77. The van der Waals surface area contributed by atoms with Gasteiger partial charge in [-0.15, -0.1) is 0 Å². The van der Waals surface area contributed by atoms with Crippen molar-refractivity contribution < 1.29 is 23.9 Å². The summed E-state index contributed by atoms with van der Waals surface area (Å²) in [5, 5.41) is 6.21. The minimum absolute atomic E-state index is 0.115. The second-order valence-corrected chi connectivity index (χ2v) is 8.75. The van der Waals surface area contributed by atoms with Gasteiger partial charge in [-0.3, -0.25) is 14.4 Å². The summed E-state index contributed by atoms with van der Waals surface area (Å²) in [4.78, 5) is 38.9. The highest BCUT2D eigenvalue weighted by Gasteiger charge is 2.35. The fourth-order valence-electron chi connectivity index (χ4n) is 3.81. The van der Waals surface area contributed by atoms with Crippen molar-refractivity contribution in [1.29, 1.82) is 0 Å². The van der Waals surface area contributed by atoms with Crippen LogP contribution in [0.25, 0.3) is 0 Å². The van der Waals surface area contributed by atoms with Gasteiger partial charge in [-0.25, -0.2) is 0 Å². The zero-order chi connectivity index (χ0) is 25.5. The summed E-state index contributed by atoms with van der Waals surface area (Å²) in [6, 6.07) is 21.1. The van der Waals surface area contributed by atoms with Gasteiger partial charge in [0.2, 0.25) is 11.8 Å². The van der Waals surface area contributed by atoms with Gasteiger partial charge in [-0.05, 0) is 66.2 Å². The molecule has 0 saturated carbocycles. The molecule has 0 aromatic heterocycles. The maximum absolute atomic E-state index is 12.6. The minimum atomic E-state index is -0.428. The van der Waals surface area contributed by atoms with E-state index < -0.39 is 5.92 Å². The molecule has 8 nitrogen and oxygen atoms in total. The molecule has 0 radical (unpaired) electrons. The maximum Gasteiger partial charge on any atom is 0.262 e. The fourth-order valence-corrected chi connectivity index (χ4v) is 3.94. The average molecular weight is 508 g/mol. The number of rotatable bonds is 9. The highest BCUT2D eigenvalue weighted by atomic mass is 35.5. The number of hydrogen-bond donors (Lipinski definition) is 2. The van der Waals surface area contributed by atoms with Crippen molar-refractivity contribution in [2.45, 2.75) is 13.0 Å². The first kappa shape index (κ1) is 25.1. The largest absolute Gasteiger partial charge is 0.497 e. The molecule has 4 rings (SSSR count). The van der Waals surface area contributed by atoms with Gasteiger partial charge in [0.05, 0.1) is 13.0 Å². The van der Waals surface area contributed by atoms with Crippen LogP contribution in [0.3, 0.4) is 0 Å². The van der Waals surface area contributed by atoms with Gasteiger partial charge in [0.15, 0.2) is 6.61 Å². The number of amides is 3. The molecule has 0 bridgehead atoms. The highest BCUT2D eigenvalue weighted by Crippen LogP contribution is 2.27. The molecule has 3 amide bonds. The summed E-state index contributed by atoms with van der Waals surface area (Å²) in [5.74, 6) is 0.233. The molecule has 186 valence electrons. The van der Waals surface area contributed by atoms with E-state index in [-0.39, 0.29) is 30.7 Å². The molecule has 2 N–H and O–H groups in total. The Hall–Kier alpha value is -4.04. The van der Waals surface area contributed by atoms with Gasteiger partial charge in [0.1, 0.15) is 11.5 Å². The number of carbonyl (C=O) groups is 3. The van der Waals surface area contributed by atoms with Crippen LogP contribution >= 0.6 is 11.6 Å². The molecule has 1 atom stereocenters. The van der Waals surface area contributed by atoms with Gasteiger partial charge in [0, 0.05) is 35.9 Å². The van der Waals surface area contributed by atoms with E-state index in [1.54, 1.807) is 60.5 Å². The Bertz CT molecular complexity index is 1210. The zero-order valence-electron chi connectivity index (χ0n) is 19.7. The fraction of sp³-hybridized carbons (Fsp3) is 0.222. The molecule has 36 heavy (non-hydrogen) atoms. The quantitative estimate of drug-likeness (QED) is 0.455. The van der Waals surface area contributed by atoms with Crippen LogP contribution in [-0.4, -0.2) is 38.0 Å². The number of hydrogen-bond acceptors (Lipinski definition) is 5. The van der Waals surface area contributed by atoms with Crippen molar-refractivity contribution >= 4 is 40.7 Å². The number of methoxy groups -OCH3 is 1. The van der Waals surface area contributed by atoms with Crippen LogP contribution in [0.2, 0.25) is 5.02 Å². The molecule has 0 spiro atoms. The van der Waals surface area contributed by atoms with Crippen molar-refractivity contribution in [1.82, 2.24) is 5.32 Å². The molecule has 9 heteroatoms. The topological polar surface area (TPSA) is 97.0 Å². The first-order chi connectivity index (χ1) is 17.4. The van der Waals surface area contributed by atoms with Crippen molar-refractivity contribution in [3.8, 4) is 11.5 Å². The zero-order valence-corrected chi connectivity index (χ0v) is 20.5. The Balaban J connectivity index is 1.25. The Kier molecular flexibility index (Phi) is 8.07. The van der Waals surface area contributed by atoms with E-state index in [1.165, 1.54) is 0 Å². The van der Waals surface area contributed by atoms with Gasteiger partial charge in [0.25, 0.3) is 5.91 Å². The van der Waals surface area contributed by atoms with E-state index in [9.17, 15) is 14.4 Å². The van der Waals surface area contributed by atoms with Crippen LogP contribution in [0.1, 0.15) is 12.0 Å². The molecule has 1 fully saturated rings. The predicted octanol–water partition coefficient (Wildman–Crippen LogP) is 4.04. The molecule has 1 saturated heterocycles. The maximum atomic E-state index is 12.6. The lowest BCUT2D eigenvalue weighted by Gasteiger charge is -2.17. The number of anilines is 2. The van der Waals surface area contributed by atoms with Crippen molar-refractivity contribution in [3.05, 3.63) is 83.4 Å². The summed E-state index contributed by atoms with van der Waals surface area (Å²) in [6.07, 6.45) is 0.150. The van der Waals surface area contributed by atoms with Crippen molar-refractivity contribution in [2.24, 2.45) is 5.92 Å². The standard InChI is InChI=1S/C27H26ClN3O5/c1-35-23-10-2-18(3-11-23)15-29-27(34)19-14-26(33)31(16-19)22-8-12-24(13-9-22)36-17-25(32)30-21-6-4-20(28)5-7-21/h2-13,19H,14-17H2,1H3,(H,29,34)(H,30,32)/t19-/m0/s1. The molecular formula is C27H26ClN3O5. The Morgan fingerprint density at radius 3 is 2.31 bits per heavy atom. The number of carbonyl (C=O) groups excluding carboxylic acids is 3. The number of halogens is 1. The minimum Gasteiger partial charge on any atom is -0.497 e. The Morgan fingerprint density at radius 1 is 0.972 bits per heavy atom. The van der Waals surface area contributed by atoms with E-state index in [0.717, 1.165) is 11.3 Å². The first-order valence-corrected chi connectivity index (χ1v) is 11.8. The Labute approximate surface area is 214 Å². The summed E-state index contributed by atoms with van der Waals surface area (Å²) < 4.78 is 10.7. The van der Waals surface area contributed by atoms with Crippen LogP contribution in [-0.2, 0) is 20.9 Å². The molecule has 3 aromatic carbocycles. The number of benzene rings is 3. The summed E-state index contributed by atoms with van der Waals surface area (Å²) in [5.41, 5.74) is 2.24. The van der Waals surface area contributed by atoms with Crippen LogP contribution in [0.15, 0.2) is 72.8 Å². The second kappa shape index (κ2) is 11.6. The molecular weight excluding hydrogens is 482 g/mol.